The van der Waals surface area contributed by atoms with Gasteiger partial charge < -0.3 is 10.2 Å². The van der Waals surface area contributed by atoms with Crippen LogP contribution in [-0.4, -0.2) is 34.0 Å². The van der Waals surface area contributed by atoms with Crippen LogP contribution in [0.15, 0.2) is 107 Å². The topological polar surface area (TPSA) is 74.6 Å². The van der Waals surface area contributed by atoms with Crippen molar-refractivity contribution in [2.45, 2.75) is 107 Å². The Morgan fingerprint density at radius 3 is 1.07 bits per heavy atom. The van der Waals surface area contributed by atoms with Gasteiger partial charge in [-0.3, -0.25) is 9.59 Å². The fourth-order valence-electron chi connectivity index (χ4n) is 6.26. The van der Waals surface area contributed by atoms with E-state index in [2.05, 4.69) is 27.7 Å². The molecule has 0 bridgehead atoms. The predicted octanol–water partition coefficient (Wildman–Crippen LogP) is 9.07. The first kappa shape index (κ1) is 37.1. The molecule has 0 heterocycles. The Morgan fingerprint density at radius 2 is 0.773 bits per heavy atom. The minimum absolute atomic E-state index is 0.0742. The highest BCUT2D eigenvalue weighted by molar-refractivity contribution is 5.96. The van der Waals surface area contributed by atoms with E-state index in [0.717, 1.165) is 22.3 Å². The number of rotatable bonds is 12. The van der Waals surface area contributed by atoms with Crippen molar-refractivity contribution >= 4 is 11.6 Å². The van der Waals surface area contributed by atoms with Crippen LogP contribution in [0, 0.1) is 21.7 Å². The number of hydrogen-bond donors (Lipinski definition) is 2. The second kappa shape index (κ2) is 15.3. The van der Waals surface area contributed by atoms with Crippen LogP contribution in [0.3, 0.4) is 0 Å². The molecule has 0 unspecified atom stereocenters. The average molecular weight is 601 g/mol. The van der Waals surface area contributed by atoms with Crippen molar-refractivity contribution in [2.24, 2.45) is 21.7 Å². The van der Waals surface area contributed by atoms with Gasteiger partial charge in [0.25, 0.3) is 0 Å². The minimum atomic E-state index is -0.542. The summed E-state index contributed by atoms with van der Waals surface area (Å²) in [4.78, 5) is 25.9. The molecule has 240 valence electrons. The van der Waals surface area contributed by atoms with Gasteiger partial charge in [0.2, 0.25) is 0 Å². The summed E-state index contributed by atoms with van der Waals surface area (Å²) < 4.78 is 0. The lowest BCUT2D eigenvalue weighted by atomic mass is 9.66. The molecule has 4 nitrogen and oxygen atoms in total. The van der Waals surface area contributed by atoms with E-state index in [1.165, 1.54) is 0 Å². The van der Waals surface area contributed by atoms with Crippen molar-refractivity contribution in [1.82, 2.24) is 0 Å². The van der Waals surface area contributed by atoms with Crippen LogP contribution in [0.4, 0.5) is 0 Å². The third-order valence-corrected chi connectivity index (χ3v) is 10.1. The Kier molecular flexibility index (Phi) is 12.9. The van der Waals surface area contributed by atoms with Gasteiger partial charge in [0.05, 0.1) is 12.2 Å². The normalized spacial score (nSPS) is 30.3. The summed E-state index contributed by atoms with van der Waals surface area (Å²) in [6.07, 6.45) is 28.6. The largest absolute Gasteiger partial charge is 0.393 e. The smallest absolute Gasteiger partial charge is 0.162 e. The molecule has 44 heavy (non-hydrogen) atoms. The molecule has 0 aromatic heterocycles. The zero-order valence-electron chi connectivity index (χ0n) is 28.8. The molecule has 2 rings (SSSR count). The molecule has 2 aliphatic rings. The van der Waals surface area contributed by atoms with E-state index in [9.17, 15) is 19.8 Å². The summed E-state index contributed by atoms with van der Waals surface area (Å²) in [6, 6.07) is 0. The summed E-state index contributed by atoms with van der Waals surface area (Å²) in [6.45, 7) is 20.2. The highest BCUT2D eigenvalue weighted by atomic mass is 16.3. The first-order valence-corrected chi connectivity index (χ1v) is 15.9. The maximum absolute atomic E-state index is 12.9. The summed E-state index contributed by atoms with van der Waals surface area (Å²) in [5, 5.41) is 20.2. The lowest BCUT2D eigenvalue weighted by molar-refractivity contribution is -0.128. The molecule has 0 spiro atoms. The summed E-state index contributed by atoms with van der Waals surface area (Å²) >= 11 is 0. The molecule has 0 radical (unpaired) electrons. The van der Waals surface area contributed by atoms with Gasteiger partial charge in [0, 0.05) is 10.8 Å². The molecule has 2 saturated carbocycles. The van der Waals surface area contributed by atoms with E-state index >= 15 is 0 Å². The van der Waals surface area contributed by atoms with Crippen LogP contribution >= 0.6 is 0 Å². The second-order valence-corrected chi connectivity index (χ2v) is 14.7. The summed E-state index contributed by atoms with van der Waals surface area (Å²) in [5.74, 6) is 0.148. The molecular weight excluding hydrogens is 544 g/mol. The van der Waals surface area contributed by atoms with E-state index in [1.54, 1.807) is 12.2 Å². The van der Waals surface area contributed by atoms with Gasteiger partial charge in [-0.15, -0.1) is 0 Å². The van der Waals surface area contributed by atoms with Crippen LogP contribution < -0.4 is 0 Å². The van der Waals surface area contributed by atoms with E-state index in [0.29, 0.717) is 25.7 Å². The average Bonchev–Trinajstić information content (AvgIpc) is 3.27. The maximum Gasteiger partial charge on any atom is 0.162 e. The van der Waals surface area contributed by atoms with Crippen LogP contribution in [-0.2, 0) is 9.59 Å². The fraction of sp³-hybridized carbons (Fsp3) is 0.500. The number of carbonyl (C=O) groups is 2. The third kappa shape index (κ3) is 9.71. The van der Waals surface area contributed by atoms with E-state index in [1.807, 2.05) is 114 Å². The number of aliphatic hydroxyl groups is 2. The van der Waals surface area contributed by atoms with Gasteiger partial charge in [0.1, 0.15) is 0 Å². The highest BCUT2D eigenvalue weighted by Gasteiger charge is 2.53. The zero-order chi connectivity index (χ0) is 33.3. The first-order valence-electron chi connectivity index (χ1n) is 15.9. The Hall–Kier alpha value is -3.08. The Balaban J connectivity index is 1.87. The number of hydrogen-bond acceptors (Lipinski definition) is 4. The Morgan fingerprint density at radius 1 is 0.477 bits per heavy atom. The molecule has 4 heteroatoms. The van der Waals surface area contributed by atoms with Crippen molar-refractivity contribution in [3.63, 3.8) is 0 Å². The van der Waals surface area contributed by atoms with E-state index in [-0.39, 0.29) is 22.4 Å². The SMILES string of the molecule is CC(/C=C/C=C(C)/C=C/C(=O)[C@]1(C)C[C@H](O)CC1(C)C)=C\C=C\C=C(C)\C=C\C=C(C)\C=C\C(=O)[C@]1(C)C[C@H](O)CC1(C)C. The highest BCUT2D eigenvalue weighted by Crippen LogP contribution is 2.54. The van der Waals surface area contributed by atoms with E-state index in [4.69, 9.17) is 0 Å². The number of carbonyl (C=O) groups excluding carboxylic acids is 2. The molecule has 0 amide bonds. The van der Waals surface area contributed by atoms with Crippen molar-refractivity contribution in [3.05, 3.63) is 107 Å². The molecule has 0 aromatic rings. The zero-order valence-corrected chi connectivity index (χ0v) is 28.8. The maximum atomic E-state index is 12.9. The molecule has 0 aliphatic heterocycles. The Labute approximate surface area is 267 Å². The number of allylic oxidation sites excluding steroid dienone is 18. The van der Waals surface area contributed by atoms with Gasteiger partial charge >= 0.3 is 0 Å². The van der Waals surface area contributed by atoms with Crippen molar-refractivity contribution < 1.29 is 19.8 Å². The second-order valence-electron chi connectivity index (χ2n) is 14.7. The third-order valence-electron chi connectivity index (χ3n) is 10.1. The van der Waals surface area contributed by atoms with Gasteiger partial charge in [-0.05, 0) is 76.4 Å². The first-order chi connectivity index (χ1) is 20.3. The molecule has 2 N–H and O–H groups in total. The molecule has 2 aliphatic carbocycles. The summed E-state index contributed by atoms with van der Waals surface area (Å²) in [7, 11) is 0. The molecule has 4 atom stereocenters. The van der Waals surface area contributed by atoms with Gasteiger partial charge in [-0.25, -0.2) is 0 Å². The lowest BCUT2D eigenvalue weighted by Crippen LogP contribution is -2.36. The minimum Gasteiger partial charge on any atom is -0.393 e. The van der Waals surface area contributed by atoms with Crippen LogP contribution in [0.25, 0.3) is 0 Å². The standard InChI is InChI=1S/C40H56O4/c1-29(17-13-19-31(3)21-23-35(43)39(9)27-33(41)25-37(39,5)6)15-11-12-16-30(2)18-14-20-32(4)22-24-36(44)40(10)28-34(42)26-38(40,7)8/h11-24,33-34,41-42H,25-28H2,1-10H3/b12-11+,17-13+,18-14+,23-21+,24-22+,29-15+,30-16+,31-19+,32-20+/t33-,34-,39+,40+/m1/s1. The van der Waals surface area contributed by atoms with Crippen molar-refractivity contribution in [3.8, 4) is 0 Å². The van der Waals surface area contributed by atoms with Gasteiger partial charge in [-0.1, -0.05) is 137 Å². The van der Waals surface area contributed by atoms with Crippen LogP contribution in [0.2, 0.25) is 0 Å². The van der Waals surface area contributed by atoms with Crippen LogP contribution in [0.1, 0.15) is 94.9 Å². The van der Waals surface area contributed by atoms with E-state index < -0.39 is 23.0 Å². The van der Waals surface area contributed by atoms with Gasteiger partial charge in [-0.2, -0.15) is 0 Å². The number of ketones is 2. The quantitative estimate of drug-likeness (QED) is 0.173. The molecule has 0 saturated heterocycles. The monoisotopic (exact) mass is 600 g/mol. The Bertz CT molecular complexity index is 1230. The fourth-order valence-corrected chi connectivity index (χ4v) is 6.26. The lowest BCUT2D eigenvalue weighted by Gasteiger charge is -2.35. The molecule has 2 fully saturated rings. The van der Waals surface area contributed by atoms with Gasteiger partial charge in [0.15, 0.2) is 11.6 Å². The van der Waals surface area contributed by atoms with Crippen molar-refractivity contribution in [2.75, 3.05) is 0 Å². The number of aliphatic hydroxyl groups excluding tert-OH is 2. The molecular formula is C40H56O4. The summed E-state index contributed by atoms with van der Waals surface area (Å²) in [5.41, 5.74) is 2.65. The predicted molar refractivity (Wildman–Crippen MR) is 185 cm³/mol. The van der Waals surface area contributed by atoms with Crippen molar-refractivity contribution in [1.29, 1.82) is 0 Å². The molecule has 0 aromatic carbocycles. The van der Waals surface area contributed by atoms with Crippen LogP contribution in [0.5, 0.6) is 0 Å².